The van der Waals surface area contributed by atoms with Crippen LogP contribution in [-0.2, 0) is 9.53 Å². The van der Waals surface area contributed by atoms with Gasteiger partial charge in [-0.15, -0.1) is 0 Å². The maximum absolute atomic E-state index is 12.5. The molecule has 0 N–H and O–H groups in total. The van der Waals surface area contributed by atoms with Crippen LogP contribution >= 0.6 is 0 Å². The molecule has 0 saturated heterocycles. The number of hydrogen-bond acceptors (Lipinski definition) is 2. The third-order valence-electron chi connectivity index (χ3n) is 4.32. The van der Waals surface area contributed by atoms with E-state index in [2.05, 4.69) is 0 Å². The van der Waals surface area contributed by atoms with E-state index in [9.17, 15) is 4.79 Å². The van der Waals surface area contributed by atoms with Crippen molar-refractivity contribution >= 4 is 5.78 Å². The first-order valence-corrected chi connectivity index (χ1v) is 7.44. The molecule has 0 heterocycles. The molecule has 2 saturated carbocycles. The maximum Gasteiger partial charge on any atom is 0.164 e. The number of hydrogen-bond donors (Lipinski definition) is 0. The monoisotopic (exact) mass is 238 g/mol. The van der Waals surface area contributed by atoms with Gasteiger partial charge in [-0.05, 0) is 32.1 Å². The van der Waals surface area contributed by atoms with Crippen LogP contribution in [0.3, 0.4) is 0 Å². The van der Waals surface area contributed by atoms with Gasteiger partial charge in [-0.2, -0.15) is 0 Å². The van der Waals surface area contributed by atoms with Crippen LogP contribution in [0.25, 0.3) is 0 Å². The van der Waals surface area contributed by atoms with E-state index in [1.807, 2.05) is 6.92 Å². The van der Waals surface area contributed by atoms with E-state index in [1.165, 1.54) is 25.7 Å². The van der Waals surface area contributed by atoms with Crippen LogP contribution in [0.5, 0.6) is 0 Å². The first-order valence-electron chi connectivity index (χ1n) is 7.44. The standard InChI is InChI=1S/C15H26O2/c1-2-17-15(11-5-3-4-6-12-15)14(16)10-9-13-7-8-13/h13H,2-12H2,1H3. The average Bonchev–Trinajstić information content (AvgIpc) is 3.14. The fraction of sp³-hybridized carbons (Fsp3) is 0.933. The van der Waals surface area contributed by atoms with Gasteiger partial charge in [0.15, 0.2) is 5.78 Å². The molecule has 0 aliphatic heterocycles. The summed E-state index contributed by atoms with van der Waals surface area (Å²) in [5.74, 6) is 1.25. The minimum atomic E-state index is -0.403. The molecule has 2 aliphatic rings. The predicted octanol–water partition coefficient (Wildman–Crippen LogP) is 3.88. The minimum absolute atomic E-state index is 0.396. The number of carbonyl (C=O) groups excluding carboxylic acids is 1. The smallest absolute Gasteiger partial charge is 0.164 e. The lowest BCUT2D eigenvalue weighted by atomic mass is 9.86. The highest BCUT2D eigenvalue weighted by Gasteiger charge is 2.39. The van der Waals surface area contributed by atoms with Gasteiger partial charge in [0, 0.05) is 13.0 Å². The first kappa shape index (κ1) is 13.1. The molecule has 0 unspecified atom stereocenters. The summed E-state index contributed by atoms with van der Waals surface area (Å²) in [7, 11) is 0. The largest absolute Gasteiger partial charge is 0.368 e. The summed E-state index contributed by atoms with van der Waals surface area (Å²) in [6.45, 7) is 2.69. The Morgan fingerprint density at radius 3 is 2.35 bits per heavy atom. The SMILES string of the molecule is CCOC1(C(=O)CCC2CC2)CCCCCC1. The summed E-state index contributed by atoms with van der Waals surface area (Å²) in [5.41, 5.74) is -0.403. The molecule has 98 valence electrons. The lowest BCUT2D eigenvalue weighted by Crippen LogP contribution is -2.41. The summed E-state index contributed by atoms with van der Waals surface area (Å²) in [4.78, 5) is 12.5. The van der Waals surface area contributed by atoms with Crippen molar-refractivity contribution < 1.29 is 9.53 Å². The topological polar surface area (TPSA) is 26.3 Å². The summed E-state index contributed by atoms with van der Waals surface area (Å²) < 4.78 is 5.92. The fourth-order valence-corrected chi connectivity index (χ4v) is 3.05. The number of Topliss-reactive ketones (excluding diaryl/α,β-unsaturated/α-hetero) is 1. The number of ether oxygens (including phenoxy) is 1. The number of carbonyl (C=O) groups is 1. The molecule has 2 heteroatoms. The normalized spacial score (nSPS) is 24.3. The highest BCUT2D eigenvalue weighted by Crippen LogP contribution is 2.37. The number of rotatable bonds is 6. The molecule has 0 aromatic rings. The van der Waals surface area contributed by atoms with E-state index in [4.69, 9.17) is 4.74 Å². The predicted molar refractivity (Wildman–Crippen MR) is 69.0 cm³/mol. The fourth-order valence-electron chi connectivity index (χ4n) is 3.05. The first-order chi connectivity index (χ1) is 8.27. The van der Waals surface area contributed by atoms with Crippen molar-refractivity contribution in [1.82, 2.24) is 0 Å². The second kappa shape index (κ2) is 5.99. The zero-order valence-corrected chi connectivity index (χ0v) is 11.2. The van der Waals surface area contributed by atoms with E-state index in [-0.39, 0.29) is 0 Å². The Bertz CT molecular complexity index is 248. The van der Waals surface area contributed by atoms with Gasteiger partial charge in [0.1, 0.15) is 5.60 Å². The van der Waals surface area contributed by atoms with Crippen LogP contribution in [0.2, 0.25) is 0 Å². The Morgan fingerprint density at radius 2 is 1.82 bits per heavy atom. The van der Waals surface area contributed by atoms with Crippen LogP contribution < -0.4 is 0 Å². The molecular formula is C15H26O2. The molecule has 2 nitrogen and oxygen atoms in total. The summed E-state index contributed by atoms with van der Waals surface area (Å²) >= 11 is 0. The molecule has 17 heavy (non-hydrogen) atoms. The van der Waals surface area contributed by atoms with Crippen molar-refractivity contribution in [3.63, 3.8) is 0 Å². The van der Waals surface area contributed by atoms with Crippen LogP contribution in [0.4, 0.5) is 0 Å². The van der Waals surface area contributed by atoms with Gasteiger partial charge in [-0.25, -0.2) is 0 Å². The van der Waals surface area contributed by atoms with E-state index in [0.29, 0.717) is 12.4 Å². The third kappa shape index (κ3) is 3.54. The average molecular weight is 238 g/mol. The van der Waals surface area contributed by atoms with Crippen LogP contribution in [-0.4, -0.2) is 18.0 Å². The van der Waals surface area contributed by atoms with Gasteiger partial charge in [0.25, 0.3) is 0 Å². The van der Waals surface area contributed by atoms with Crippen molar-refractivity contribution in [2.24, 2.45) is 5.92 Å². The van der Waals surface area contributed by atoms with Gasteiger partial charge in [0.05, 0.1) is 0 Å². The number of ketones is 1. The Balaban J connectivity index is 1.93. The highest BCUT2D eigenvalue weighted by atomic mass is 16.5. The van der Waals surface area contributed by atoms with Crippen LogP contribution in [0.15, 0.2) is 0 Å². The van der Waals surface area contributed by atoms with E-state index in [1.54, 1.807) is 0 Å². The third-order valence-corrected chi connectivity index (χ3v) is 4.32. The van der Waals surface area contributed by atoms with Crippen molar-refractivity contribution in [1.29, 1.82) is 0 Å². The van der Waals surface area contributed by atoms with Gasteiger partial charge >= 0.3 is 0 Å². The molecule has 2 fully saturated rings. The summed E-state index contributed by atoms with van der Waals surface area (Å²) in [5, 5.41) is 0. The lowest BCUT2D eigenvalue weighted by molar-refractivity contribution is -0.146. The molecule has 2 rings (SSSR count). The molecule has 0 radical (unpaired) electrons. The maximum atomic E-state index is 12.5. The Hall–Kier alpha value is -0.370. The molecule has 0 amide bonds. The Labute approximate surface area is 105 Å². The zero-order valence-electron chi connectivity index (χ0n) is 11.2. The van der Waals surface area contributed by atoms with Crippen LogP contribution in [0.1, 0.15) is 71.1 Å². The quantitative estimate of drug-likeness (QED) is 0.656. The van der Waals surface area contributed by atoms with E-state index >= 15 is 0 Å². The minimum Gasteiger partial charge on any atom is -0.368 e. The summed E-state index contributed by atoms with van der Waals surface area (Å²) in [6, 6.07) is 0. The molecule has 0 atom stereocenters. The van der Waals surface area contributed by atoms with Crippen molar-refractivity contribution in [3.8, 4) is 0 Å². The highest BCUT2D eigenvalue weighted by molar-refractivity contribution is 5.87. The molecule has 0 aromatic carbocycles. The Morgan fingerprint density at radius 1 is 1.18 bits per heavy atom. The van der Waals surface area contributed by atoms with Crippen molar-refractivity contribution in [3.05, 3.63) is 0 Å². The molecule has 0 aromatic heterocycles. The summed E-state index contributed by atoms with van der Waals surface area (Å²) in [6.07, 6.45) is 11.3. The lowest BCUT2D eigenvalue weighted by Gasteiger charge is -2.31. The zero-order chi connectivity index (χ0) is 12.1. The molecule has 0 spiro atoms. The molecular weight excluding hydrogens is 212 g/mol. The molecule has 0 bridgehead atoms. The van der Waals surface area contributed by atoms with Crippen molar-refractivity contribution in [2.45, 2.75) is 76.7 Å². The molecule has 2 aliphatic carbocycles. The van der Waals surface area contributed by atoms with E-state index in [0.717, 1.165) is 44.4 Å². The van der Waals surface area contributed by atoms with Gasteiger partial charge in [-0.3, -0.25) is 4.79 Å². The van der Waals surface area contributed by atoms with Gasteiger partial charge in [-0.1, -0.05) is 38.5 Å². The van der Waals surface area contributed by atoms with E-state index < -0.39 is 5.60 Å². The second-order valence-electron chi connectivity index (χ2n) is 5.75. The van der Waals surface area contributed by atoms with Crippen molar-refractivity contribution in [2.75, 3.05) is 6.61 Å². The van der Waals surface area contributed by atoms with Crippen LogP contribution in [0, 0.1) is 5.92 Å². The van der Waals surface area contributed by atoms with Gasteiger partial charge in [0.2, 0.25) is 0 Å². The Kier molecular flexibility index (Phi) is 4.61. The van der Waals surface area contributed by atoms with Gasteiger partial charge < -0.3 is 4.74 Å². The second-order valence-corrected chi connectivity index (χ2v) is 5.75.